The molecule has 11 nitrogen and oxygen atoms in total. The van der Waals surface area contributed by atoms with Gasteiger partial charge in [0.2, 0.25) is 17.7 Å². The topological polar surface area (TPSA) is 141 Å². The molecule has 2 heterocycles. The Labute approximate surface area is 257 Å². The van der Waals surface area contributed by atoms with Gasteiger partial charge in [-0.25, -0.2) is 0 Å². The van der Waals surface area contributed by atoms with E-state index < -0.39 is 28.6 Å². The van der Waals surface area contributed by atoms with Crippen LogP contribution in [0.15, 0.2) is 54.6 Å². The SMILES string of the molecule is CCN1C(=O)C(CNc2ccc(NC(=O)CCN3CCN(C)CC3)cc2)SC1C(C#N)C(=O)NCC(O)c1ccccc1. The van der Waals surface area contributed by atoms with Gasteiger partial charge in [0.1, 0.15) is 10.6 Å². The lowest BCUT2D eigenvalue weighted by Crippen LogP contribution is -2.45. The number of rotatable bonds is 13. The molecule has 4 unspecified atom stereocenters. The van der Waals surface area contributed by atoms with Crippen molar-refractivity contribution in [2.24, 2.45) is 5.92 Å². The Balaban J connectivity index is 1.25. The summed E-state index contributed by atoms with van der Waals surface area (Å²) in [5, 5.41) is 28.0. The summed E-state index contributed by atoms with van der Waals surface area (Å²) in [4.78, 5) is 44.7. The fourth-order valence-electron chi connectivity index (χ4n) is 5.13. The molecule has 230 valence electrons. The molecule has 2 fully saturated rings. The van der Waals surface area contributed by atoms with Crippen molar-refractivity contribution in [1.29, 1.82) is 5.26 Å². The van der Waals surface area contributed by atoms with Gasteiger partial charge in [0, 0.05) is 70.2 Å². The monoisotopic (exact) mass is 607 g/mol. The van der Waals surface area contributed by atoms with Crippen molar-refractivity contribution in [2.45, 2.75) is 30.1 Å². The first-order valence-electron chi connectivity index (χ1n) is 14.7. The maximum Gasteiger partial charge on any atom is 0.240 e. The van der Waals surface area contributed by atoms with Crippen LogP contribution in [0.3, 0.4) is 0 Å². The van der Waals surface area contributed by atoms with Crippen LogP contribution in [0.2, 0.25) is 0 Å². The van der Waals surface area contributed by atoms with Crippen LogP contribution in [0.25, 0.3) is 0 Å². The number of carbonyl (C=O) groups excluding carboxylic acids is 3. The van der Waals surface area contributed by atoms with Crippen molar-refractivity contribution in [1.82, 2.24) is 20.0 Å². The van der Waals surface area contributed by atoms with Gasteiger partial charge < -0.3 is 35.8 Å². The van der Waals surface area contributed by atoms with Crippen molar-refractivity contribution in [3.8, 4) is 6.07 Å². The fraction of sp³-hybridized carbons (Fsp3) is 0.484. The van der Waals surface area contributed by atoms with Crippen LogP contribution >= 0.6 is 11.8 Å². The number of thioether (sulfide) groups is 1. The summed E-state index contributed by atoms with van der Waals surface area (Å²) in [5.41, 5.74) is 2.16. The number of piperazine rings is 1. The lowest BCUT2D eigenvalue weighted by atomic mass is 10.1. The zero-order valence-corrected chi connectivity index (χ0v) is 25.6. The van der Waals surface area contributed by atoms with E-state index in [0.29, 0.717) is 30.8 Å². The summed E-state index contributed by atoms with van der Waals surface area (Å²) in [6.07, 6.45) is -0.460. The number of carbonyl (C=O) groups is 3. The predicted octanol–water partition coefficient (Wildman–Crippen LogP) is 1.95. The third kappa shape index (κ3) is 8.93. The van der Waals surface area contributed by atoms with E-state index in [-0.39, 0.29) is 18.4 Å². The Morgan fingerprint density at radius 2 is 1.74 bits per heavy atom. The molecule has 0 aliphatic carbocycles. The van der Waals surface area contributed by atoms with Crippen LogP contribution in [0.1, 0.15) is 25.0 Å². The number of hydrogen-bond donors (Lipinski definition) is 4. The third-order valence-corrected chi connectivity index (χ3v) is 9.28. The molecule has 4 atom stereocenters. The first kappa shape index (κ1) is 32.3. The standard InChI is InChI=1S/C31H41N7O4S/c1-3-38-30(42)27(43-31(38)25(19-32)29(41)34-20-26(39)22-7-5-4-6-8-22)21-33-23-9-11-24(12-10-23)35-28(40)13-14-37-17-15-36(2)16-18-37/h4-12,25-27,31,33,39H,3,13-18,20-21H2,1-2H3,(H,34,41)(H,35,40). The number of nitrogens with zero attached hydrogens (tertiary/aromatic N) is 4. The molecule has 3 amide bonds. The number of hydrogen-bond acceptors (Lipinski definition) is 9. The zero-order valence-electron chi connectivity index (χ0n) is 24.7. The highest BCUT2D eigenvalue weighted by atomic mass is 32.2. The maximum atomic E-state index is 13.2. The van der Waals surface area contributed by atoms with E-state index in [4.69, 9.17) is 0 Å². The van der Waals surface area contributed by atoms with Crippen LogP contribution in [0.4, 0.5) is 11.4 Å². The number of benzene rings is 2. The molecule has 2 aromatic rings. The average Bonchev–Trinajstić information content (AvgIpc) is 3.34. The zero-order chi connectivity index (χ0) is 30.8. The van der Waals surface area contributed by atoms with Gasteiger partial charge in [0.15, 0.2) is 5.92 Å². The van der Waals surface area contributed by atoms with Gasteiger partial charge in [0.25, 0.3) is 0 Å². The van der Waals surface area contributed by atoms with E-state index in [1.165, 1.54) is 11.8 Å². The van der Waals surface area contributed by atoms with Gasteiger partial charge in [0.05, 0.1) is 12.2 Å². The van der Waals surface area contributed by atoms with Crippen LogP contribution in [0.5, 0.6) is 0 Å². The molecule has 0 spiro atoms. The quantitative estimate of drug-likeness (QED) is 0.269. The van der Waals surface area contributed by atoms with E-state index >= 15 is 0 Å². The highest BCUT2D eigenvalue weighted by molar-refractivity contribution is 8.01. The van der Waals surface area contributed by atoms with Crippen LogP contribution in [0, 0.1) is 17.2 Å². The van der Waals surface area contributed by atoms with Gasteiger partial charge in [-0.3, -0.25) is 14.4 Å². The summed E-state index contributed by atoms with van der Waals surface area (Å²) in [7, 11) is 2.11. The molecule has 0 saturated carbocycles. The summed E-state index contributed by atoms with van der Waals surface area (Å²) in [6.45, 7) is 7.22. The molecule has 0 bridgehead atoms. The van der Waals surface area contributed by atoms with E-state index in [1.807, 2.05) is 37.3 Å². The highest BCUT2D eigenvalue weighted by Crippen LogP contribution is 2.36. The summed E-state index contributed by atoms with van der Waals surface area (Å²) < 4.78 is 0. The Hall–Kier alpha value is -3.63. The molecule has 43 heavy (non-hydrogen) atoms. The first-order valence-corrected chi connectivity index (χ1v) is 15.6. The molecular formula is C31H41N7O4S. The molecule has 2 aromatic carbocycles. The minimum Gasteiger partial charge on any atom is -0.387 e. The van der Waals surface area contributed by atoms with Gasteiger partial charge >= 0.3 is 0 Å². The average molecular weight is 608 g/mol. The van der Waals surface area contributed by atoms with E-state index in [1.54, 1.807) is 29.2 Å². The number of nitrogens with one attached hydrogen (secondary N) is 3. The smallest absolute Gasteiger partial charge is 0.240 e. The van der Waals surface area contributed by atoms with Crippen molar-refractivity contribution >= 4 is 40.9 Å². The molecule has 0 aromatic heterocycles. The third-order valence-electron chi connectivity index (χ3n) is 7.78. The Bertz CT molecular complexity index is 1270. The molecule has 0 radical (unpaired) electrons. The molecule has 2 aliphatic rings. The molecule has 12 heteroatoms. The Morgan fingerprint density at radius 3 is 2.40 bits per heavy atom. The number of aliphatic hydroxyl groups excluding tert-OH is 1. The molecule has 2 aliphatic heterocycles. The number of aliphatic hydroxyl groups is 1. The largest absolute Gasteiger partial charge is 0.387 e. The second-order valence-electron chi connectivity index (χ2n) is 10.8. The van der Waals surface area contributed by atoms with Gasteiger partial charge in [-0.15, -0.1) is 11.8 Å². The van der Waals surface area contributed by atoms with E-state index in [2.05, 4.69) is 38.9 Å². The fourth-order valence-corrected chi connectivity index (χ4v) is 6.64. The highest BCUT2D eigenvalue weighted by Gasteiger charge is 2.45. The normalized spacial score (nSPS) is 20.7. The number of likely N-dealkylation sites (N-methyl/N-ethyl adjacent to an activating group) is 1. The first-order chi connectivity index (χ1) is 20.8. The Kier molecular flexibility index (Phi) is 11.8. The summed E-state index contributed by atoms with van der Waals surface area (Å²) >= 11 is 1.30. The lowest BCUT2D eigenvalue weighted by molar-refractivity contribution is -0.131. The van der Waals surface area contributed by atoms with Gasteiger partial charge in [-0.1, -0.05) is 30.3 Å². The molecule has 4 rings (SSSR count). The van der Waals surface area contributed by atoms with Crippen molar-refractivity contribution in [2.75, 3.05) is 70.0 Å². The number of nitriles is 1. The van der Waals surface area contributed by atoms with Gasteiger partial charge in [-0.2, -0.15) is 5.26 Å². The van der Waals surface area contributed by atoms with E-state index in [0.717, 1.165) is 38.4 Å². The molecule has 2 saturated heterocycles. The van der Waals surface area contributed by atoms with Crippen LogP contribution in [-0.4, -0.2) is 108 Å². The Morgan fingerprint density at radius 1 is 1.07 bits per heavy atom. The minimum absolute atomic E-state index is 0.0241. The van der Waals surface area contributed by atoms with Crippen molar-refractivity contribution in [3.05, 3.63) is 60.2 Å². The number of anilines is 2. The second kappa shape index (κ2) is 15.7. The molecular weight excluding hydrogens is 566 g/mol. The predicted molar refractivity (Wildman–Crippen MR) is 168 cm³/mol. The van der Waals surface area contributed by atoms with Crippen LogP contribution in [-0.2, 0) is 14.4 Å². The maximum absolute atomic E-state index is 13.2. The van der Waals surface area contributed by atoms with Crippen molar-refractivity contribution in [3.63, 3.8) is 0 Å². The van der Waals surface area contributed by atoms with Crippen LogP contribution < -0.4 is 16.0 Å². The summed E-state index contributed by atoms with van der Waals surface area (Å²) in [5.74, 6) is -1.76. The number of amides is 3. The summed E-state index contributed by atoms with van der Waals surface area (Å²) in [6, 6.07) is 18.4. The van der Waals surface area contributed by atoms with E-state index in [9.17, 15) is 24.8 Å². The van der Waals surface area contributed by atoms with Gasteiger partial charge in [-0.05, 0) is 43.8 Å². The second-order valence-corrected chi connectivity index (χ2v) is 12.1. The van der Waals surface area contributed by atoms with Crippen molar-refractivity contribution < 1.29 is 19.5 Å². The molecule has 4 N–H and O–H groups in total. The lowest BCUT2D eigenvalue weighted by Gasteiger charge is -2.32. The minimum atomic E-state index is -1.08.